The summed E-state index contributed by atoms with van der Waals surface area (Å²) < 4.78 is 17.9. The minimum Gasteiger partial charge on any atom is -0.465 e. The molecule has 1 atom stereocenters. The Morgan fingerprint density at radius 1 is 1.22 bits per heavy atom. The summed E-state index contributed by atoms with van der Waals surface area (Å²) in [6.45, 7) is 1.53. The number of imide groups is 1. The highest BCUT2D eigenvalue weighted by molar-refractivity contribution is 6.32. The molecule has 0 aliphatic carbocycles. The van der Waals surface area contributed by atoms with Crippen molar-refractivity contribution in [1.29, 1.82) is 0 Å². The van der Waals surface area contributed by atoms with Crippen molar-refractivity contribution in [3.63, 3.8) is 0 Å². The van der Waals surface area contributed by atoms with Gasteiger partial charge in [0.25, 0.3) is 5.91 Å². The summed E-state index contributed by atoms with van der Waals surface area (Å²) in [5.74, 6) is -1.51. The first-order valence-electron chi connectivity index (χ1n) is 8.03. The molecular formula is C19H16ClFN2O4. The Morgan fingerprint density at radius 2 is 1.89 bits per heavy atom. The van der Waals surface area contributed by atoms with Gasteiger partial charge in [-0.25, -0.2) is 14.0 Å². The van der Waals surface area contributed by atoms with Crippen molar-refractivity contribution in [3.05, 3.63) is 70.0 Å². The van der Waals surface area contributed by atoms with Crippen LogP contribution >= 0.6 is 11.6 Å². The Hall–Kier alpha value is -2.93. The topological polar surface area (TPSA) is 75.7 Å². The van der Waals surface area contributed by atoms with E-state index in [0.29, 0.717) is 16.7 Å². The van der Waals surface area contributed by atoms with Crippen molar-refractivity contribution in [1.82, 2.24) is 10.2 Å². The molecule has 1 aliphatic heterocycles. The molecule has 3 amide bonds. The lowest BCUT2D eigenvalue weighted by molar-refractivity contribution is -0.131. The maximum Gasteiger partial charge on any atom is 0.337 e. The van der Waals surface area contributed by atoms with Crippen molar-refractivity contribution < 1.29 is 23.5 Å². The quantitative estimate of drug-likeness (QED) is 0.642. The molecule has 1 aliphatic rings. The van der Waals surface area contributed by atoms with Gasteiger partial charge in [0.2, 0.25) is 0 Å². The van der Waals surface area contributed by atoms with E-state index in [1.54, 1.807) is 24.3 Å². The minimum absolute atomic E-state index is 0.0144. The number of carbonyl (C=O) groups is 3. The predicted octanol–water partition coefficient (Wildman–Crippen LogP) is 3.23. The van der Waals surface area contributed by atoms with Gasteiger partial charge in [-0.2, -0.15) is 0 Å². The number of nitrogens with zero attached hydrogens (tertiary/aromatic N) is 1. The molecule has 27 heavy (non-hydrogen) atoms. The number of hydrogen-bond acceptors (Lipinski definition) is 4. The molecular weight excluding hydrogens is 375 g/mol. The average molecular weight is 391 g/mol. The van der Waals surface area contributed by atoms with Crippen LogP contribution in [-0.2, 0) is 21.6 Å². The summed E-state index contributed by atoms with van der Waals surface area (Å²) in [5, 5.41) is 2.67. The van der Waals surface area contributed by atoms with Crippen molar-refractivity contribution in [2.24, 2.45) is 0 Å². The van der Waals surface area contributed by atoms with Gasteiger partial charge < -0.3 is 10.1 Å². The number of rotatable bonds is 4. The van der Waals surface area contributed by atoms with E-state index >= 15 is 0 Å². The molecule has 140 valence electrons. The SMILES string of the molecule is COC(=O)c1ccc(CN2C(=O)NC(C)(c3ccc(F)cc3Cl)C2=O)cc1. The second-order valence-electron chi connectivity index (χ2n) is 6.26. The van der Waals surface area contributed by atoms with Crippen LogP contribution in [0.4, 0.5) is 9.18 Å². The Kier molecular flexibility index (Phi) is 4.89. The molecule has 6 nitrogen and oxygen atoms in total. The highest BCUT2D eigenvalue weighted by Crippen LogP contribution is 2.34. The van der Waals surface area contributed by atoms with E-state index < -0.39 is 29.3 Å². The summed E-state index contributed by atoms with van der Waals surface area (Å²) in [6, 6.07) is 9.44. The Balaban J connectivity index is 1.85. The fraction of sp³-hybridized carbons (Fsp3) is 0.211. The molecule has 0 radical (unpaired) electrons. The summed E-state index contributed by atoms with van der Waals surface area (Å²) >= 11 is 6.08. The largest absolute Gasteiger partial charge is 0.465 e. The van der Waals surface area contributed by atoms with E-state index in [9.17, 15) is 18.8 Å². The van der Waals surface area contributed by atoms with Gasteiger partial charge in [-0.15, -0.1) is 0 Å². The fourth-order valence-electron chi connectivity index (χ4n) is 2.96. The minimum atomic E-state index is -1.40. The molecule has 0 bridgehead atoms. The summed E-state index contributed by atoms with van der Waals surface area (Å²) in [5.41, 5.74) is -0.0668. The Morgan fingerprint density at radius 3 is 2.48 bits per heavy atom. The number of nitrogens with one attached hydrogen (secondary N) is 1. The number of hydrogen-bond donors (Lipinski definition) is 1. The normalized spacial score (nSPS) is 19.2. The van der Waals surface area contributed by atoms with Crippen LogP contribution in [-0.4, -0.2) is 29.9 Å². The van der Waals surface area contributed by atoms with Crippen LogP contribution in [0.1, 0.15) is 28.4 Å². The molecule has 1 heterocycles. The average Bonchev–Trinajstić information content (AvgIpc) is 2.85. The number of esters is 1. The van der Waals surface area contributed by atoms with E-state index in [1.807, 2.05) is 0 Å². The van der Waals surface area contributed by atoms with Crippen LogP contribution in [0.5, 0.6) is 0 Å². The van der Waals surface area contributed by atoms with Crippen LogP contribution in [0.3, 0.4) is 0 Å². The van der Waals surface area contributed by atoms with Crippen molar-refractivity contribution >= 4 is 29.5 Å². The number of amides is 3. The van der Waals surface area contributed by atoms with Crippen LogP contribution in [0.2, 0.25) is 5.02 Å². The lowest BCUT2D eigenvalue weighted by Gasteiger charge is -2.23. The first kappa shape index (κ1) is 18.8. The van der Waals surface area contributed by atoms with Crippen molar-refractivity contribution in [3.8, 4) is 0 Å². The van der Waals surface area contributed by atoms with E-state index in [2.05, 4.69) is 10.1 Å². The maximum atomic E-state index is 13.3. The van der Waals surface area contributed by atoms with Gasteiger partial charge in [-0.1, -0.05) is 29.8 Å². The summed E-state index contributed by atoms with van der Waals surface area (Å²) in [6.07, 6.45) is 0. The van der Waals surface area contributed by atoms with E-state index in [1.165, 1.54) is 26.2 Å². The van der Waals surface area contributed by atoms with Crippen LogP contribution < -0.4 is 5.32 Å². The molecule has 8 heteroatoms. The zero-order valence-electron chi connectivity index (χ0n) is 14.6. The van der Waals surface area contributed by atoms with Crippen LogP contribution in [0.15, 0.2) is 42.5 Å². The highest BCUT2D eigenvalue weighted by Gasteiger charge is 2.49. The second-order valence-corrected chi connectivity index (χ2v) is 6.67. The molecule has 2 aromatic carbocycles. The monoisotopic (exact) mass is 390 g/mol. The molecule has 1 fully saturated rings. The molecule has 0 saturated carbocycles. The van der Waals surface area contributed by atoms with E-state index in [4.69, 9.17) is 11.6 Å². The van der Waals surface area contributed by atoms with Gasteiger partial charge in [-0.05, 0) is 36.8 Å². The first-order chi connectivity index (χ1) is 12.8. The van der Waals surface area contributed by atoms with Gasteiger partial charge in [-0.3, -0.25) is 9.69 Å². The number of urea groups is 1. The molecule has 0 aromatic heterocycles. The molecule has 3 rings (SSSR count). The Labute approximate surface area is 159 Å². The van der Waals surface area contributed by atoms with Gasteiger partial charge in [0, 0.05) is 10.6 Å². The molecule has 1 saturated heterocycles. The molecule has 2 aromatic rings. The Bertz CT molecular complexity index is 932. The fourth-order valence-corrected chi connectivity index (χ4v) is 3.32. The van der Waals surface area contributed by atoms with Gasteiger partial charge in [0.1, 0.15) is 11.4 Å². The van der Waals surface area contributed by atoms with Gasteiger partial charge in [0.15, 0.2) is 0 Å². The molecule has 0 spiro atoms. The van der Waals surface area contributed by atoms with E-state index in [-0.39, 0.29) is 11.6 Å². The standard InChI is InChI=1S/C19H16ClFN2O4/c1-19(14-8-7-13(21)9-15(14)20)17(25)23(18(26)22-19)10-11-3-5-12(6-4-11)16(24)27-2/h3-9H,10H2,1-2H3,(H,22,26). The third-order valence-corrected chi connectivity index (χ3v) is 4.77. The lowest BCUT2D eigenvalue weighted by Crippen LogP contribution is -2.41. The van der Waals surface area contributed by atoms with Crippen LogP contribution in [0, 0.1) is 5.82 Å². The number of benzene rings is 2. The number of halogens is 2. The number of ether oxygens (including phenoxy) is 1. The summed E-state index contributed by atoms with van der Waals surface area (Å²) in [7, 11) is 1.28. The third kappa shape index (κ3) is 3.38. The van der Waals surface area contributed by atoms with E-state index in [0.717, 1.165) is 11.0 Å². The number of methoxy groups -OCH3 is 1. The van der Waals surface area contributed by atoms with Crippen LogP contribution in [0.25, 0.3) is 0 Å². The molecule has 1 unspecified atom stereocenters. The first-order valence-corrected chi connectivity index (χ1v) is 8.41. The summed E-state index contributed by atoms with van der Waals surface area (Å²) in [4.78, 5) is 37.8. The predicted molar refractivity (Wildman–Crippen MR) is 95.6 cm³/mol. The highest BCUT2D eigenvalue weighted by atomic mass is 35.5. The zero-order chi connectivity index (χ0) is 19.8. The second kappa shape index (κ2) is 7.00. The smallest absolute Gasteiger partial charge is 0.337 e. The van der Waals surface area contributed by atoms with Crippen molar-refractivity contribution in [2.45, 2.75) is 19.0 Å². The maximum absolute atomic E-state index is 13.3. The zero-order valence-corrected chi connectivity index (χ0v) is 15.3. The number of carbonyl (C=O) groups excluding carboxylic acids is 3. The molecule has 1 N–H and O–H groups in total. The lowest BCUT2D eigenvalue weighted by atomic mass is 9.92. The van der Waals surface area contributed by atoms with Gasteiger partial charge in [0.05, 0.1) is 19.2 Å². The van der Waals surface area contributed by atoms with Gasteiger partial charge >= 0.3 is 12.0 Å². The third-order valence-electron chi connectivity index (χ3n) is 4.46. The van der Waals surface area contributed by atoms with Crippen molar-refractivity contribution in [2.75, 3.05) is 7.11 Å².